The van der Waals surface area contributed by atoms with Gasteiger partial charge in [0.15, 0.2) is 5.76 Å². The molecule has 4 heteroatoms. The standard InChI is InChI=1S/C14H14N2O2/c1-10(18-2)13(17)16-14(6-7-14)12-5-3-4-11(8-12)9-15/h3-5,8H,1,6-7H2,2H3,(H,16,17). The fraction of sp³-hybridized carbons (Fsp3) is 0.286. The first-order valence-electron chi connectivity index (χ1n) is 5.67. The Labute approximate surface area is 106 Å². The van der Waals surface area contributed by atoms with Crippen molar-refractivity contribution in [3.63, 3.8) is 0 Å². The molecule has 1 amide bonds. The van der Waals surface area contributed by atoms with Crippen LogP contribution in [0.25, 0.3) is 0 Å². The number of carbonyl (C=O) groups excluding carboxylic acids is 1. The number of amides is 1. The Morgan fingerprint density at radius 2 is 2.28 bits per heavy atom. The van der Waals surface area contributed by atoms with Gasteiger partial charge in [0.05, 0.1) is 24.3 Å². The van der Waals surface area contributed by atoms with E-state index in [2.05, 4.69) is 18.0 Å². The molecule has 4 nitrogen and oxygen atoms in total. The highest BCUT2D eigenvalue weighted by molar-refractivity contribution is 5.91. The smallest absolute Gasteiger partial charge is 0.286 e. The summed E-state index contributed by atoms with van der Waals surface area (Å²) < 4.78 is 4.81. The number of hydrogen-bond donors (Lipinski definition) is 1. The summed E-state index contributed by atoms with van der Waals surface area (Å²) in [5, 5.41) is 11.8. The SMILES string of the molecule is C=C(OC)C(=O)NC1(c2cccc(C#N)c2)CC1. The second kappa shape index (κ2) is 4.53. The molecular formula is C14H14N2O2. The van der Waals surface area contributed by atoms with Gasteiger partial charge in [-0.2, -0.15) is 5.26 Å². The zero-order valence-electron chi connectivity index (χ0n) is 10.2. The number of benzene rings is 1. The van der Waals surface area contributed by atoms with Crippen LogP contribution < -0.4 is 5.32 Å². The largest absolute Gasteiger partial charge is 0.492 e. The summed E-state index contributed by atoms with van der Waals surface area (Å²) in [7, 11) is 1.41. The van der Waals surface area contributed by atoms with E-state index in [1.54, 1.807) is 6.07 Å². The minimum absolute atomic E-state index is 0.0951. The molecule has 0 atom stereocenters. The van der Waals surface area contributed by atoms with Gasteiger partial charge >= 0.3 is 0 Å². The number of hydrogen-bond acceptors (Lipinski definition) is 3. The zero-order chi connectivity index (χ0) is 13.2. The highest BCUT2D eigenvalue weighted by Crippen LogP contribution is 2.45. The Morgan fingerprint density at radius 1 is 1.56 bits per heavy atom. The van der Waals surface area contributed by atoms with Gasteiger partial charge < -0.3 is 10.1 Å². The summed E-state index contributed by atoms with van der Waals surface area (Å²) in [5.41, 5.74) is 1.20. The molecule has 0 spiro atoms. The van der Waals surface area contributed by atoms with Gasteiger partial charge in [0.25, 0.3) is 5.91 Å². The van der Waals surface area contributed by atoms with E-state index >= 15 is 0 Å². The van der Waals surface area contributed by atoms with Crippen LogP contribution in [-0.2, 0) is 15.1 Å². The van der Waals surface area contributed by atoms with Gasteiger partial charge in [0.2, 0.25) is 0 Å². The first kappa shape index (κ1) is 12.2. The van der Waals surface area contributed by atoms with Gasteiger partial charge in [0, 0.05) is 0 Å². The highest BCUT2D eigenvalue weighted by Gasteiger charge is 2.46. The molecule has 1 fully saturated rings. The Hall–Kier alpha value is -2.28. The van der Waals surface area contributed by atoms with Crippen molar-refractivity contribution in [3.8, 4) is 6.07 Å². The molecule has 0 bridgehead atoms. The van der Waals surface area contributed by atoms with Crippen LogP contribution in [0.4, 0.5) is 0 Å². The highest BCUT2D eigenvalue weighted by atomic mass is 16.5. The van der Waals surface area contributed by atoms with Crippen molar-refractivity contribution in [2.75, 3.05) is 7.11 Å². The van der Waals surface area contributed by atoms with E-state index in [0.717, 1.165) is 18.4 Å². The Balaban J connectivity index is 2.19. The van der Waals surface area contributed by atoms with Gasteiger partial charge in [-0.15, -0.1) is 0 Å². The van der Waals surface area contributed by atoms with E-state index in [0.29, 0.717) is 5.56 Å². The van der Waals surface area contributed by atoms with Crippen LogP contribution in [0.15, 0.2) is 36.6 Å². The van der Waals surface area contributed by atoms with Gasteiger partial charge in [-0.1, -0.05) is 18.7 Å². The Kier molecular flexibility index (Phi) is 3.07. The van der Waals surface area contributed by atoms with Crippen molar-refractivity contribution >= 4 is 5.91 Å². The van der Waals surface area contributed by atoms with Crippen molar-refractivity contribution in [1.29, 1.82) is 5.26 Å². The third kappa shape index (κ3) is 2.21. The monoisotopic (exact) mass is 242 g/mol. The molecule has 1 aromatic rings. The lowest BCUT2D eigenvalue weighted by atomic mass is 10.0. The van der Waals surface area contributed by atoms with Gasteiger partial charge in [-0.05, 0) is 30.5 Å². The third-order valence-corrected chi connectivity index (χ3v) is 3.15. The quantitative estimate of drug-likeness (QED) is 0.647. The summed E-state index contributed by atoms with van der Waals surface area (Å²) in [4.78, 5) is 11.8. The number of rotatable bonds is 4. The number of carbonyl (C=O) groups is 1. The molecule has 0 aromatic heterocycles. The van der Waals surface area contributed by atoms with Crippen LogP contribution in [-0.4, -0.2) is 13.0 Å². The average Bonchev–Trinajstić information content (AvgIpc) is 3.18. The molecule has 1 saturated carbocycles. The molecule has 1 aromatic carbocycles. The van der Waals surface area contributed by atoms with E-state index in [1.165, 1.54) is 7.11 Å². The Morgan fingerprint density at radius 3 is 2.83 bits per heavy atom. The average molecular weight is 242 g/mol. The summed E-state index contributed by atoms with van der Waals surface area (Å²) >= 11 is 0. The first-order chi connectivity index (χ1) is 8.61. The van der Waals surface area contributed by atoms with E-state index in [4.69, 9.17) is 10.00 Å². The maximum absolute atomic E-state index is 11.8. The van der Waals surface area contributed by atoms with Crippen LogP contribution in [0.1, 0.15) is 24.0 Å². The molecule has 1 aliphatic carbocycles. The fourth-order valence-electron chi connectivity index (χ4n) is 1.88. The second-order valence-electron chi connectivity index (χ2n) is 4.36. The lowest BCUT2D eigenvalue weighted by Crippen LogP contribution is -2.36. The lowest BCUT2D eigenvalue weighted by Gasteiger charge is -2.18. The number of nitriles is 1. The maximum Gasteiger partial charge on any atom is 0.286 e. The van der Waals surface area contributed by atoms with Crippen LogP contribution in [0.2, 0.25) is 0 Å². The number of nitrogens with zero attached hydrogens (tertiary/aromatic N) is 1. The summed E-state index contributed by atoms with van der Waals surface area (Å²) in [6, 6.07) is 9.40. The number of methoxy groups -OCH3 is 1. The minimum atomic E-state index is -0.356. The van der Waals surface area contributed by atoms with Crippen molar-refractivity contribution < 1.29 is 9.53 Å². The van der Waals surface area contributed by atoms with Crippen molar-refractivity contribution in [1.82, 2.24) is 5.32 Å². The van der Waals surface area contributed by atoms with Crippen LogP contribution >= 0.6 is 0 Å². The van der Waals surface area contributed by atoms with E-state index in [-0.39, 0.29) is 17.2 Å². The van der Waals surface area contributed by atoms with Gasteiger partial charge in [-0.25, -0.2) is 0 Å². The zero-order valence-corrected chi connectivity index (χ0v) is 10.2. The molecular weight excluding hydrogens is 228 g/mol. The second-order valence-corrected chi connectivity index (χ2v) is 4.36. The van der Waals surface area contributed by atoms with Crippen LogP contribution in [0.3, 0.4) is 0 Å². The Bertz CT molecular complexity index is 539. The fourth-order valence-corrected chi connectivity index (χ4v) is 1.88. The lowest BCUT2D eigenvalue weighted by molar-refractivity contribution is -0.121. The molecule has 92 valence electrons. The predicted molar refractivity (Wildman–Crippen MR) is 66.4 cm³/mol. The van der Waals surface area contributed by atoms with Crippen LogP contribution in [0, 0.1) is 11.3 Å². The normalized spacial score (nSPS) is 15.3. The molecule has 0 heterocycles. The molecule has 1 N–H and O–H groups in total. The molecule has 1 aliphatic rings. The minimum Gasteiger partial charge on any atom is -0.492 e. The molecule has 0 aliphatic heterocycles. The van der Waals surface area contributed by atoms with E-state index in [9.17, 15) is 4.79 Å². The first-order valence-corrected chi connectivity index (χ1v) is 5.67. The molecule has 0 saturated heterocycles. The van der Waals surface area contributed by atoms with Crippen molar-refractivity contribution in [2.24, 2.45) is 0 Å². The molecule has 0 unspecified atom stereocenters. The van der Waals surface area contributed by atoms with Gasteiger partial charge in [-0.3, -0.25) is 4.79 Å². The van der Waals surface area contributed by atoms with E-state index in [1.807, 2.05) is 18.2 Å². The topological polar surface area (TPSA) is 62.1 Å². The molecule has 18 heavy (non-hydrogen) atoms. The van der Waals surface area contributed by atoms with Crippen LogP contribution in [0.5, 0.6) is 0 Å². The number of ether oxygens (including phenoxy) is 1. The number of nitrogens with one attached hydrogen (secondary N) is 1. The molecule has 2 rings (SSSR count). The van der Waals surface area contributed by atoms with Crippen molar-refractivity contribution in [3.05, 3.63) is 47.7 Å². The van der Waals surface area contributed by atoms with Crippen molar-refractivity contribution in [2.45, 2.75) is 18.4 Å². The maximum atomic E-state index is 11.8. The summed E-state index contributed by atoms with van der Waals surface area (Å²) in [5.74, 6) is -0.213. The van der Waals surface area contributed by atoms with Gasteiger partial charge in [0.1, 0.15) is 0 Å². The predicted octanol–water partition coefficient (Wildman–Crippen LogP) is 1.82. The summed E-state index contributed by atoms with van der Waals surface area (Å²) in [6.07, 6.45) is 1.73. The van der Waals surface area contributed by atoms with E-state index < -0.39 is 0 Å². The third-order valence-electron chi connectivity index (χ3n) is 3.15. The molecule has 0 radical (unpaired) electrons. The summed E-state index contributed by atoms with van der Waals surface area (Å²) in [6.45, 7) is 3.53.